The summed E-state index contributed by atoms with van der Waals surface area (Å²) < 4.78 is 14.4. The fourth-order valence-corrected chi connectivity index (χ4v) is 1.99. The lowest BCUT2D eigenvalue weighted by atomic mass is 9.90. The van der Waals surface area contributed by atoms with Crippen molar-refractivity contribution >= 4 is 5.97 Å². The highest BCUT2D eigenvalue weighted by Crippen LogP contribution is 2.24. The van der Waals surface area contributed by atoms with Crippen LogP contribution in [0.2, 0.25) is 0 Å². The monoisotopic (exact) mass is 276 g/mol. The third-order valence-electron chi connectivity index (χ3n) is 2.96. The van der Waals surface area contributed by atoms with Gasteiger partial charge in [0.15, 0.2) is 0 Å². The molecule has 20 heavy (non-hydrogen) atoms. The van der Waals surface area contributed by atoms with Gasteiger partial charge in [0.1, 0.15) is 11.4 Å². The number of hydrogen-bond donors (Lipinski definition) is 1. The summed E-state index contributed by atoms with van der Waals surface area (Å²) in [5.41, 5.74) is 1.28. The number of hydrogen-bond acceptors (Lipinski definition) is 2. The van der Waals surface area contributed by atoms with E-state index in [1.54, 1.807) is 16.8 Å². The van der Waals surface area contributed by atoms with Crippen molar-refractivity contribution in [1.82, 2.24) is 9.78 Å². The summed E-state index contributed by atoms with van der Waals surface area (Å²) in [7, 11) is 0. The second-order valence-corrected chi connectivity index (χ2v) is 5.77. The van der Waals surface area contributed by atoms with E-state index in [4.69, 9.17) is 0 Å². The molecule has 0 aliphatic carbocycles. The lowest BCUT2D eigenvalue weighted by Crippen LogP contribution is -2.16. The molecule has 0 saturated heterocycles. The number of carboxylic acid groups (broad SMARTS) is 1. The minimum Gasteiger partial charge on any atom is -0.478 e. The molecule has 2 rings (SSSR count). The maximum atomic E-state index is 12.9. The van der Waals surface area contributed by atoms with Crippen molar-refractivity contribution < 1.29 is 14.3 Å². The Kier molecular flexibility index (Phi) is 3.61. The molecule has 4 nitrogen and oxygen atoms in total. The Morgan fingerprint density at radius 3 is 2.35 bits per heavy atom. The summed E-state index contributed by atoms with van der Waals surface area (Å²) in [6, 6.07) is 6.08. The van der Waals surface area contributed by atoms with Gasteiger partial charge in [-0.3, -0.25) is 4.68 Å². The summed E-state index contributed by atoms with van der Waals surface area (Å²) in [6.07, 6.45) is 1.52. The van der Waals surface area contributed by atoms with Crippen molar-refractivity contribution in [3.63, 3.8) is 0 Å². The summed E-state index contributed by atoms with van der Waals surface area (Å²) in [5, 5.41) is 13.6. The lowest BCUT2D eigenvalue weighted by molar-refractivity contribution is 0.0694. The summed E-state index contributed by atoms with van der Waals surface area (Å²) in [4.78, 5) is 11.3. The zero-order chi connectivity index (χ0) is 14.9. The van der Waals surface area contributed by atoms with E-state index in [0.29, 0.717) is 12.2 Å². The average Bonchev–Trinajstić information content (AvgIpc) is 2.76. The van der Waals surface area contributed by atoms with E-state index >= 15 is 0 Å². The van der Waals surface area contributed by atoms with Crippen molar-refractivity contribution in [3.05, 3.63) is 53.1 Å². The fourth-order valence-electron chi connectivity index (χ4n) is 1.99. The van der Waals surface area contributed by atoms with Gasteiger partial charge >= 0.3 is 5.97 Å². The number of halogens is 1. The van der Waals surface area contributed by atoms with Gasteiger partial charge in [0.2, 0.25) is 0 Å². The first-order valence-corrected chi connectivity index (χ1v) is 6.33. The zero-order valence-corrected chi connectivity index (χ0v) is 11.7. The molecule has 1 aromatic heterocycles. The summed E-state index contributed by atoms with van der Waals surface area (Å²) >= 11 is 0. The average molecular weight is 276 g/mol. The normalized spacial score (nSPS) is 11.6. The SMILES string of the molecule is CC(C)(C)c1nn(Cc2ccc(F)cc2)cc1C(=O)O. The Labute approximate surface area is 116 Å². The van der Waals surface area contributed by atoms with Crippen LogP contribution < -0.4 is 0 Å². The molecule has 0 aliphatic rings. The third kappa shape index (κ3) is 3.04. The van der Waals surface area contributed by atoms with Gasteiger partial charge in [0.05, 0.1) is 12.2 Å². The van der Waals surface area contributed by atoms with E-state index in [0.717, 1.165) is 5.56 Å². The van der Waals surface area contributed by atoms with Crippen LogP contribution in [0.25, 0.3) is 0 Å². The number of aromatic nitrogens is 2. The van der Waals surface area contributed by atoms with Crippen LogP contribution in [0.4, 0.5) is 4.39 Å². The topological polar surface area (TPSA) is 55.1 Å². The zero-order valence-electron chi connectivity index (χ0n) is 11.7. The second-order valence-electron chi connectivity index (χ2n) is 5.77. The van der Waals surface area contributed by atoms with Gasteiger partial charge in [0, 0.05) is 11.6 Å². The van der Waals surface area contributed by atoms with Crippen LogP contribution in [-0.2, 0) is 12.0 Å². The van der Waals surface area contributed by atoms with Crippen molar-refractivity contribution in [2.45, 2.75) is 32.7 Å². The van der Waals surface area contributed by atoms with Gasteiger partial charge in [0.25, 0.3) is 0 Å². The number of carboxylic acids is 1. The first kappa shape index (κ1) is 14.2. The van der Waals surface area contributed by atoms with E-state index < -0.39 is 5.97 Å². The molecule has 2 aromatic rings. The second kappa shape index (κ2) is 5.07. The van der Waals surface area contributed by atoms with Crippen LogP contribution in [0.3, 0.4) is 0 Å². The minimum absolute atomic E-state index is 0.208. The molecule has 0 bridgehead atoms. The number of rotatable bonds is 3. The molecule has 0 atom stereocenters. The Balaban J connectivity index is 2.34. The Hall–Kier alpha value is -2.17. The van der Waals surface area contributed by atoms with Gasteiger partial charge < -0.3 is 5.11 Å². The van der Waals surface area contributed by atoms with E-state index in [9.17, 15) is 14.3 Å². The Morgan fingerprint density at radius 1 is 1.30 bits per heavy atom. The van der Waals surface area contributed by atoms with Gasteiger partial charge in [-0.2, -0.15) is 5.10 Å². The first-order valence-electron chi connectivity index (χ1n) is 6.33. The standard InChI is InChI=1S/C15H17FN2O2/c1-15(2,3)13-12(14(19)20)9-18(17-13)8-10-4-6-11(16)7-5-10/h4-7,9H,8H2,1-3H3,(H,19,20). The Bertz CT molecular complexity index is 624. The van der Waals surface area contributed by atoms with Crippen LogP contribution in [0.1, 0.15) is 42.4 Å². The molecule has 0 fully saturated rings. The number of carbonyl (C=O) groups is 1. The number of nitrogens with zero attached hydrogens (tertiary/aromatic N) is 2. The molecule has 0 aliphatic heterocycles. The first-order chi connectivity index (χ1) is 9.27. The predicted molar refractivity (Wildman–Crippen MR) is 73.4 cm³/mol. The summed E-state index contributed by atoms with van der Waals surface area (Å²) in [5.74, 6) is -1.28. The van der Waals surface area contributed by atoms with Gasteiger partial charge in [-0.1, -0.05) is 32.9 Å². The van der Waals surface area contributed by atoms with Crippen molar-refractivity contribution in [2.24, 2.45) is 0 Å². The van der Waals surface area contributed by atoms with Crippen molar-refractivity contribution in [3.8, 4) is 0 Å². The molecule has 0 saturated carbocycles. The van der Waals surface area contributed by atoms with Gasteiger partial charge in [-0.25, -0.2) is 9.18 Å². The molecule has 106 valence electrons. The van der Waals surface area contributed by atoms with Crippen LogP contribution in [0.15, 0.2) is 30.5 Å². The lowest BCUT2D eigenvalue weighted by Gasteiger charge is -2.15. The largest absolute Gasteiger partial charge is 0.478 e. The van der Waals surface area contributed by atoms with Crippen molar-refractivity contribution in [1.29, 1.82) is 0 Å². The predicted octanol–water partition coefficient (Wildman–Crippen LogP) is 3.07. The minimum atomic E-state index is -0.986. The van der Waals surface area contributed by atoms with E-state index in [2.05, 4.69) is 5.10 Å². The van der Waals surface area contributed by atoms with Crippen LogP contribution in [-0.4, -0.2) is 20.9 Å². The smallest absolute Gasteiger partial charge is 0.339 e. The maximum Gasteiger partial charge on any atom is 0.339 e. The third-order valence-corrected chi connectivity index (χ3v) is 2.96. The summed E-state index contributed by atoms with van der Waals surface area (Å²) in [6.45, 7) is 6.18. The highest BCUT2D eigenvalue weighted by molar-refractivity contribution is 5.89. The van der Waals surface area contributed by atoms with Gasteiger partial charge in [-0.15, -0.1) is 0 Å². The van der Waals surface area contributed by atoms with E-state index in [1.807, 2.05) is 20.8 Å². The van der Waals surface area contributed by atoms with Gasteiger partial charge in [-0.05, 0) is 17.7 Å². The van der Waals surface area contributed by atoms with Crippen LogP contribution in [0.5, 0.6) is 0 Å². The molecule has 0 amide bonds. The maximum absolute atomic E-state index is 12.9. The molecular formula is C15H17FN2O2. The molecule has 0 radical (unpaired) electrons. The fraction of sp³-hybridized carbons (Fsp3) is 0.333. The van der Waals surface area contributed by atoms with E-state index in [-0.39, 0.29) is 16.8 Å². The molecule has 0 spiro atoms. The van der Waals surface area contributed by atoms with E-state index in [1.165, 1.54) is 18.3 Å². The van der Waals surface area contributed by atoms with Crippen LogP contribution in [0, 0.1) is 5.82 Å². The van der Waals surface area contributed by atoms with Crippen molar-refractivity contribution in [2.75, 3.05) is 0 Å². The Morgan fingerprint density at radius 2 is 1.90 bits per heavy atom. The molecule has 1 N–H and O–H groups in total. The molecule has 0 unspecified atom stereocenters. The quantitative estimate of drug-likeness (QED) is 0.937. The highest BCUT2D eigenvalue weighted by atomic mass is 19.1. The molecule has 1 heterocycles. The molecular weight excluding hydrogens is 259 g/mol. The molecule has 5 heteroatoms. The highest BCUT2D eigenvalue weighted by Gasteiger charge is 2.25. The number of aromatic carboxylic acids is 1. The molecule has 1 aromatic carbocycles. The number of benzene rings is 1. The van der Waals surface area contributed by atoms with Crippen LogP contribution >= 0.6 is 0 Å².